The normalized spacial score (nSPS) is 15.1. The van der Waals surface area contributed by atoms with Crippen LogP contribution in [0.25, 0.3) is 10.9 Å². The van der Waals surface area contributed by atoms with Crippen molar-refractivity contribution >= 4 is 22.7 Å². The van der Waals surface area contributed by atoms with E-state index >= 15 is 0 Å². The third-order valence-electron chi connectivity index (χ3n) is 5.81. The Labute approximate surface area is 206 Å². The molecule has 0 saturated heterocycles. The Hall–Kier alpha value is -3.20. The first-order valence-electron chi connectivity index (χ1n) is 11.4. The number of nitrogens with zero attached hydrogens (tertiary/aromatic N) is 2. The molecule has 1 aliphatic rings. The zero-order valence-corrected chi connectivity index (χ0v) is 20.1. The average Bonchev–Trinajstić information content (AvgIpc) is 2.89. The largest absolute Gasteiger partial charge is 0.460 e. The Bertz CT molecular complexity index is 1390. The lowest BCUT2D eigenvalue weighted by molar-refractivity contribution is -0.112. The molecule has 0 amide bonds. The van der Waals surface area contributed by atoms with Crippen LogP contribution in [0.15, 0.2) is 76.7 Å². The summed E-state index contributed by atoms with van der Waals surface area (Å²) in [7, 11) is 1.64. The Kier molecular flexibility index (Phi) is 7.13. The molecule has 0 spiro atoms. The first kappa shape index (κ1) is 23.5. The maximum absolute atomic E-state index is 14.5. The van der Waals surface area contributed by atoms with Gasteiger partial charge >= 0.3 is 0 Å². The summed E-state index contributed by atoms with van der Waals surface area (Å²) in [6.07, 6.45) is 0.113. The highest BCUT2D eigenvalue weighted by atomic mass is 32.2. The molecule has 180 valence electrons. The van der Waals surface area contributed by atoms with Gasteiger partial charge in [-0.15, -0.1) is 0 Å². The number of rotatable bonds is 8. The molecule has 8 heteroatoms. The van der Waals surface area contributed by atoms with Crippen LogP contribution < -0.4 is 10.3 Å². The van der Waals surface area contributed by atoms with E-state index in [9.17, 15) is 9.18 Å². The number of methoxy groups -OCH3 is 1. The minimum atomic E-state index is -0.566. The first-order chi connectivity index (χ1) is 17.1. The molecule has 0 bridgehead atoms. The van der Waals surface area contributed by atoms with Crippen molar-refractivity contribution < 1.29 is 18.6 Å². The SMILES string of the molecule is COCCCn1c(SCc2cc(F)cc3c2O[C@H](c2ccccc2)OC3)nc2ccccc2c1=O. The average molecular weight is 493 g/mol. The Balaban J connectivity index is 1.46. The van der Waals surface area contributed by atoms with Crippen LogP contribution >= 0.6 is 11.8 Å². The van der Waals surface area contributed by atoms with Gasteiger partial charge in [-0.25, -0.2) is 9.37 Å². The highest BCUT2D eigenvalue weighted by molar-refractivity contribution is 7.98. The summed E-state index contributed by atoms with van der Waals surface area (Å²) in [5.41, 5.74) is 2.79. The van der Waals surface area contributed by atoms with Crippen LogP contribution in [0.2, 0.25) is 0 Å². The van der Waals surface area contributed by atoms with Crippen LogP contribution in [-0.2, 0) is 28.4 Å². The number of thioether (sulfide) groups is 1. The summed E-state index contributed by atoms with van der Waals surface area (Å²) in [5.74, 6) is 0.651. The predicted octanol–water partition coefficient (Wildman–Crippen LogP) is 5.47. The second kappa shape index (κ2) is 10.6. The van der Waals surface area contributed by atoms with Crippen molar-refractivity contribution in [2.75, 3.05) is 13.7 Å². The summed E-state index contributed by atoms with van der Waals surface area (Å²) in [5, 5.41) is 1.15. The minimum Gasteiger partial charge on any atom is -0.460 e. The molecular weight excluding hydrogens is 467 g/mol. The Morgan fingerprint density at radius 2 is 1.94 bits per heavy atom. The summed E-state index contributed by atoms with van der Waals surface area (Å²) < 4.78 is 33.3. The fraction of sp³-hybridized carbons (Fsp3) is 0.259. The number of para-hydroxylation sites is 1. The quantitative estimate of drug-likeness (QED) is 0.185. The molecule has 5 rings (SSSR count). The van der Waals surface area contributed by atoms with Gasteiger partial charge < -0.3 is 14.2 Å². The number of hydrogen-bond donors (Lipinski definition) is 0. The van der Waals surface area contributed by atoms with Gasteiger partial charge in [-0.2, -0.15) is 0 Å². The predicted molar refractivity (Wildman–Crippen MR) is 133 cm³/mol. The second-order valence-corrected chi connectivity index (χ2v) is 9.17. The van der Waals surface area contributed by atoms with Crippen LogP contribution in [-0.4, -0.2) is 23.3 Å². The van der Waals surface area contributed by atoms with E-state index in [1.807, 2.05) is 48.5 Å². The molecule has 1 aromatic heterocycles. The number of aromatic nitrogens is 2. The van der Waals surface area contributed by atoms with Crippen LogP contribution in [0.1, 0.15) is 29.4 Å². The fourth-order valence-electron chi connectivity index (χ4n) is 4.12. The van der Waals surface area contributed by atoms with Crippen molar-refractivity contribution in [3.8, 4) is 5.75 Å². The molecule has 0 saturated carbocycles. The minimum absolute atomic E-state index is 0.0933. The van der Waals surface area contributed by atoms with Crippen molar-refractivity contribution in [2.24, 2.45) is 0 Å². The van der Waals surface area contributed by atoms with Crippen molar-refractivity contribution in [2.45, 2.75) is 36.8 Å². The first-order valence-corrected chi connectivity index (χ1v) is 12.4. The van der Waals surface area contributed by atoms with Crippen molar-refractivity contribution in [3.63, 3.8) is 0 Å². The lowest BCUT2D eigenvalue weighted by Crippen LogP contribution is -2.24. The molecule has 0 fully saturated rings. The van der Waals surface area contributed by atoms with Gasteiger partial charge in [0.1, 0.15) is 11.6 Å². The molecule has 3 aromatic carbocycles. The van der Waals surface area contributed by atoms with E-state index in [4.69, 9.17) is 19.2 Å². The van der Waals surface area contributed by atoms with Gasteiger partial charge in [0.2, 0.25) is 6.29 Å². The summed E-state index contributed by atoms with van der Waals surface area (Å²) in [4.78, 5) is 18.0. The fourth-order valence-corrected chi connectivity index (χ4v) is 5.11. The molecule has 0 N–H and O–H groups in total. The van der Waals surface area contributed by atoms with E-state index < -0.39 is 6.29 Å². The summed E-state index contributed by atoms with van der Waals surface area (Å²) in [6, 6.07) is 19.9. The lowest BCUT2D eigenvalue weighted by Gasteiger charge is -2.28. The summed E-state index contributed by atoms with van der Waals surface area (Å²) >= 11 is 1.39. The number of fused-ring (bicyclic) bond motifs is 2. The molecule has 1 aliphatic heterocycles. The topological polar surface area (TPSA) is 62.6 Å². The number of ether oxygens (including phenoxy) is 3. The third-order valence-corrected chi connectivity index (χ3v) is 6.83. The van der Waals surface area contributed by atoms with Gasteiger partial charge in [-0.1, -0.05) is 54.2 Å². The number of benzene rings is 3. The lowest BCUT2D eigenvalue weighted by atomic mass is 10.1. The molecule has 6 nitrogen and oxygen atoms in total. The maximum Gasteiger partial charge on any atom is 0.262 e. The highest BCUT2D eigenvalue weighted by Gasteiger charge is 2.25. The molecule has 0 unspecified atom stereocenters. The van der Waals surface area contributed by atoms with Gasteiger partial charge in [0.25, 0.3) is 5.56 Å². The standard InChI is InChI=1S/C27H25FN2O4S/c1-32-13-7-12-30-25(31)22-10-5-6-11-23(22)29-27(30)35-17-20-15-21(28)14-19-16-33-26(34-24(19)20)18-8-3-2-4-9-18/h2-6,8-11,14-15,26H,7,12-13,16-17H2,1H3/t26-/m1/s1. The molecular formula is C27H25FN2O4S. The molecule has 0 radical (unpaired) electrons. The Morgan fingerprint density at radius 1 is 1.14 bits per heavy atom. The van der Waals surface area contributed by atoms with E-state index in [-0.39, 0.29) is 18.0 Å². The van der Waals surface area contributed by atoms with Crippen molar-refractivity contribution in [1.29, 1.82) is 0 Å². The van der Waals surface area contributed by atoms with Gasteiger partial charge in [-0.05, 0) is 30.7 Å². The van der Waals surface area contributed by atoms with E-state index in [1.54, 1.807) is 17.7 Å². The van der Waals surface area contributed by atoms with Crippen LogP contribution in [0, 0.1) is 5.82 Å². The van der Waals surface area contributed by atoms with Crippen molar-refractivity contribution in [3.05, 3.63) is 99.6 Å². The number of halogens is 1. The van der Waals surface area contributed by atoms with Gasteiger partial charge in [-0.3, -0.25) is 9.36 Å². The molecule has 4 aromatic rings. The van der Waals surface area contributed by atoms with E-state index in [0.29, 0.717) is 58.3 Å². The monoisotopic (exact) mass is 492 g/mol. The molecule has 0 aliphatic carbocycles. The summed E-state index contributed by atoms with van der Waals surface area (Å²) in [6.45, 7) is 1.27. The molecule has 35 heavy (non-hydrogen) atoms. The zero-order chi connectivity index (χ0) is 24.2. The maximum atomic E-state index is 14.5. The van der Waals surface area contributed by atoms with Gasteiger partial charge in [0.05, 0.1) is 17.5 Å². The smallest absolute Gasteiger partial charge is 0.262 e. The van der Waals surface area contributed by atoms with Gasteiger partial charge in [0, 0.05) is 42.7 Å². The number of hydrogen-bond acceptors (Lipinski definition) is 6. The van der Waals surface area contributed by atoms with E-state index in [2.05, 4.69) is 0 Å². The Morgan fingerprint density at radius 3 is 2.77 bits per heavy atom. The van der Waals surface area contributed by atoms with Crippen LogP contribution in [0.5, 0.6) is 5.75 Å². The van der Waals surface area contributed by atoms with Crippen LogP contribution in [0.4, 0.5) is 4.39 Å². The van der Waals surface area contributed by atoms with Crippen LogP contribution in [0.3, 0.4) is 0 Å². The molecule has 2 heterocycles. The van der Waals surface area contributed by atoms with E-state index in [0.717, 1.165) is 5.56 Å². The van der Waals surface area contributed by atoms with Crippen molar-refractivity contribution in [1.82, 2.24) is 9.55 Å². The zero-order valence-electron chi connectivity index (χ0n) is 19.3. The third kappa shape index (κ3) is 5.10. The molecule has 1 atom stereocenters. The highest BCUT2D eigenvalue weighted by Crippen LogP contribution is 2.38. The van der Waals surface area contributed by atoms with Gasteiger partial charge in [0.15, 0.2) is 5.16 Å². The second-order valence-electron chi connectivity index (χ2n) is 8.23. The van der Waals surface area contributed by atoms with E-state index in [1.165, 1.54) is 23.9 Å².